The molecule has 0 unspecified atom stereocenters. The molecule has 130 valence electrons. The van der Waals surface area contributed by atoms with Gasteiger partial charge in [0.25, 0.3) is 11.8 Å². The first kappa shape index (κ1) is 16.8. The zero-order valence-corrected chi connectivity index (χ0v) is 14.0. The van der Waals surface area contributed by atoms with Crippen molar-refractivity contribution in [1.82, 2.24) is 5.32 Å². The zero-order chi connectivity index (χ0) is 17.6. The monoisotopic (exact) mass is 340 g/mol. The van der Waals surface area contributed by atoms with Crippen LogP contribution >= 0.6 is 0 Å². The average Bonchev–Trinajstić information content (AvgIpc) is 2.62. The first-order valence-electron chi connectivity index (χ1n) is 8.22. The van der Waals surface area contributed by atoms with Crippen molar-refractivity contribution < 1.29 is 19.1 Å². The highest BCUT2D eigenvalue weighted by Gasteiger charge is 2.17. The maximum absolute atomic E-state index is 12.0. The van der Waals surface area contributed by atoms with Crippen LogP contribution in [0.2, 0.25) is 0 Å². The number of anilines is 1. The van der Waals surface area contributed by atoms with E-state index in [1.54, 1.807) is 36.4 Å². The minimum Gasteiger partial charge on any atom is -0.494 e. The normalized spacial score (nSPS) is 12.8. The van der Waals surface area contributed by atoms with Crippen LogP contribution in [0, 0.1) is 0 Å². The van der Waals surface area contributed by atoms with Gasteiger partial charge in [-0.1, -0.05) is 6.07 Å². The van der Waals surface area contributed by atoms with Crippen LogP contribution in [0.5, 0.6) is 11.5 Å². The van der Waals surface area contributed by atoms with E-state index >= 15 is 0 Å². The topological polar surface area (TPSA) is 76.7 Å². The van der Waals surface area contributed by atoms with Crippen LogP contribution in [0.4, 0.5) is 5.69 Å². The van der Waals surface area contributed by atoms with Gasteiger partial charge in [0.15, 0.2) is 6.61 Å². The van der Waals surface area contributed by atoms with Gasteiger partial charge in [-0.3, -0.25) is 9.59 Å². The number of nitrogens with one attached hydrogen (secondary N) is 2. The van der Waals surface area contributed by atoms with Crippen molar-refractivity contribution in [3.05, 3.63) is 53.6 Å². The second-order valence-electron chi connectivity index (χ2n) is 5.62. The Kier molecular flexibility index (Phi) is 5.18. The molecule has 1 aliphatic heterocycles. The van der Waals surface area contributed by atoms with Gasteiger partial charge in [0.1, 0.15) is 11.5 Å². The van der Waals surface area contributed by atoms with Gasteiger partial charge in [0.05, 0.1) is 6.61 Å². The molecule has 1 aliphatic rings. The SMILES string of the molecule is CCOc1ccc(OCC(=O)Nc2ccc3c(c2)C(=O)NCC3)cc1. The van der Waals surface area contributed by atoms with Crippen LogP contribution in [0.15, 0.2) is 42.5 Å². The van der Waals surface area contributed by atoms with Crippen molar-refractivity contribution in [3.63, 3.8) is 0 Å². The number of benzene rings is 2. The summed E-state index contributed by atoms with van der Waals surface area (Å²) in [5, 5.41) is 5.54. The third kappa shape index (κ3) is 4.29. The lowest BCUT2D eigenvalue weighted by molar-refractivity contribution is -0.118. The fraction of sp³-hybridized carbons (Fsp3) is 0.263. The molecule has 6 heteroatoms. The Labute approximate surface area is 146 Å². The Hall–Kier alpha value is -3.02. The van der Waals surface area contributed by atoms with Crippen molar-refractivity contribution in [2.45, 2.75) is 13.3 Å². The van der Waals surface area contributed by atoms with Gasteiger partial charge in [-0.2, -0.15) is 0 Å². The number of amides is 2. The third-order valence-electron chi connectivity index (χ3n) is 3.82. The van der Waals surface area contributed by atoms with Crippen LogP contribution in [0.25, 0.3) is 0 Å². The lowest BCUT2D eigenvalue weighted by Gasteiger charge is -2.17. The molecule has 2 aromatic carbocycles. The predicted octanol–water partition coefficient (Wildman–Crippen LogP) is 2.39. The fourth-order valence-corrected chi connectivity index (χ4v) is 2.63. The van der Waals surface area contributed by atoms with Gasteiger partial charge >= 0.3 is 0 Å². The first-order chi connectivity index (χ1) is 12.2. The number of hydrogen-bond acceptors (Lipinski definition) is 4. The fourth-order valence-electron chi connectivity index (χ4n) is 2.63. The summed E-state index contributed by atoms with van der Waals surface area (Å²) in [4.78, 5) is 23.9. The van der Waals surface area contributed by atoms with Crippen molar-refractivity contribution in [2.24, 2.45) is 0 Å². The quantitative estimate of drug-likeness (QED) is 0.846. The van der Waals surface area contributed by atoms with Crippen LogP contribution < -0.4 is 20.1 Å². The molecule has 25 heavy (non-hydrogen) atoms. The smallest absolute Gasteiger partial charge is 0.262 e. The first-order valence-corrected chi connectivity index (χ1v) is 8.22. The van der Waals surface area contributed by atoms with Gasteiger partial charge in [-0.05, 0) is 55.3 Å². The zero-order valence-electron chi connectivity index (χ0n) is 14.0. The van der Waals surface area contributed by atoms with E-state index in [2.05, 4.69) is 10.6 Å². The lowest BCUT2D eigenvalue weighted by atomic mass is 10.00. The van der Waals surface area contributed by atoms with Crippen LogP contribution in [-0.4, -0.2) is 31.6 Å². The molecule has 0 atom stereocenters. The van der Waals surface area contributed by atoms with E-state index in [9.17, 15) is 9.59 Å². The minimum absolute atomic E-state index is 0.108. The van der Waals surface area contributed by atoms with Gasteiger partial charge in [0, 0.05) is 17.8 Å². The highest BCUT2D eigenvalue weighted by molar-refractivity contribution is 5.99. The standard InChI is InChI=1S/C19H20N2O4/c1-2-24-15-5-7-16(8-6-15)25-12-18(22)21-14-4-3-13-9-10-20-19(23)17(13)11-14/h3-8,11H,2,9-10,12H2,1H3,(H,20,23)(H,21,22). The molecule has 0 aromatic heterocycles. The maximum Gasteiger partial charge on any atom is 0.262 e. The van der Waals surface area contributed by atoms with E-state index in [-0.39, 0.29) is 18.4 Å². The number of hydrogen-bond donors (Lipinski definition) is 2. The summed E-state index contributed by atoms with van der Waals surface area (Å²) in [6, 6.07) is 12.4. The van der Waals surface area contributed by atoms with Gasteiger partial charge in [0.2, 0.25) is 0 Å². The average molecular weight is 340 g/mol. The molecular weight excluding hydrogens is 320 g/mol. The highest BCUT2D eigenvalue weighted by Crippen LogP contribution is 2.20. The molecule has 2 aromatic rings. The summed E-state index contributed by atoms with van der Waals surface area (Å²) in [7, 11) is 0. The molecule has 0 radical (unpaired) electrons. The molecule has 1 heterocycles. The van der Waals surface area contributed by atoms with E-state index in [1.807, 2.05) is 13.0 Å². The second kappa shape index (κ2) is 7.70. The molecule has 0 fully saturated rings. The van der Waals surface area contributed by atoms with E-state index in [0.717, 1.165) is 17.7 Å². The molecule has 2 amide bonds. The summed E-state index contributed by atoms with van der Waals surface area (Å²) in [5.74, 6) is 0.947. The van der Waals surface area contributed by atoms with E-state index in [1.165, 1.54) is 0 Å². The Bertz CT molecular complexity index is 771. The number of fused-ring (bicyclic) bond motifs is 1. The summed E-state index contributed by atoms with van der Waals surface area (Å²) in [6.07, 6.45) is 0.802. The molecule has 0 saturated carbocycles. The number of carbonyl (C=O) groups is 2. The van der Waals surface area contributed by atoms with Crippen LogP contribution in [-0.2, 0) is 11.2 Å². The number of rotatable bonds is 6. The molecule has 6 nitrogen and oxygen atoms in total. The van der Waals surface area contributed by atoms with Crippen LogP contribution in [0.3, 0.4) is 0 Å². The molecule has 0 aliphatic carbocycles. The Morgan fingerprint density at radius 3 is 2.56 bits per heavy atom. The minimum atomic E-state index is -0.287. The summed E-state index contributed by atoms with van der Waals surface area (Å²) in [6.45, 7) is 3.05. The van der Waals surface area contributed by atoms with E-state index in [0.29, 0.717) is 30.2 Å². The number of carbonyl (C=O) groups excluding carboxylic acids is 2. The van der Waals surface area contributed by atoms with Crippen molar-refractivity contribution in [2.75, 3.05) is 25.1 Å². The van der Waals surface area contributed by atoms with E-state index in [4.69, 9.17) is 9.47 Å². The van der Waals surface area contributed by atoms with Gasteiger partial charge in [-0.15, -0.1) is 0 Å². The molecule has 3 rings (SSSR count). The summed E-state index contributed by atoms with van der Waals surface area (Å²) >= 11 is 0. The second-order valence-corrected chi connectivity index (χ2v) is 5.62. The van der Waals surface area contributed by atoms with Crippen molar-refractivity contribution in [3.8, 4) is 11.5 Å². The van der Waals surface area contributed by atoms with Gasteiger partial charge < -0.3 is 20.1 Å². The predicted molar refractivity (Wildman–Crippen MR) is 94.2 cm³/mol. The van der Waals surface area contributed by atoms with Crippen LogP contribution in [0.1, 0.15) is 22.8 Å². The third-order valence-corrected chi connectivity index (χ3v) is 3.82. The highest BCUT2D eigenvalue weighted by atomic mass is 16.5. The molecule has 0 bridgehead atoms. The van der Waals surface area contributed by atoms with Gasteiger partial charge in [-0.25, -0.2) is 0 Å². The Balaban J connectivity index is 1.56. The molecule has 0 saturated heterocycles. The lowest BCUT2D eigenvalue weighted by Crippen LogP contribution is -2.32. The van der Waals surface area contributed by atoms with E-state index < -0.39 is 0 Å². The summed E-state index contributed by atoms with van der Waals surface area (Å²) < 4.78 is 10.8. The Morgan fingerprint density at radius 2 is 1.84 bits per heavy atom. The maximum atomic E-state index is 12.0. The van der Waals surface area contributed by atoms with Crippen molar-refractivity contribution >= 4 is 17.5 Å². The molecular formula is C19H20N2O4. The van der Waals surface area contributed by atoms with Crippen molar-refractivity contribution in [1.29, 1.82) is 0 Å². The Morgan fingerprint density at radius 1 is 1.12 bits per heavy atom. The molecule has 2 N–H and O–H groups in total. The number of ether oxygens (including phenoxy) is 2. The largest absolute Gasteiger partial charge is 0.494 e. The summed E-state index contributed by atoms with van der Waals surface area (Å²) in [5.41, 5.74) is 2.18. The molecule has 0 spiro atoms.